The first kappa shape index (κ1) is 18.6. The fourth-order valence-electron chi connectivity index (χ4n) is 2.60. The fraction of sp³-hybridized carbons (Fsp3) is 0.263. The zero-order valence-electron chi connectivity index (χ0n) is 14.1. The molecule has 1 amide bonds. The van der Waals surface area contributed by atoms with Crippen molar-refractivity contribution in [3.8, 4) is 0 Å². The van der Waals surface area contributed by atoms with Gasteiger partial charge in [0.25, 0.3) is 5.91 Å². The number of carboxylic acids is 1. The van der Waals surface area contributed by atoms with Crippen LogP contribution in [0.1, 0.15) is 45.2 Å². The largest absolute Gasteiger partial charge is 0.478 e. The third-order valence-corrected chi connectivity index (χ3v) is 3.82. The minimum absolute atomic E-state index is 0.0114. The molecule has 0 radical (unpaired) electrons. The molecule has 0 saturated carbocycles. The molecule has 0 heterocycles. The van der Waals surface area contributed by atoms with Crippen LogP contribution >= 0.6 is 0 Å². The SMILES string of the molecule is CCCN(C)C(=O)c1cc(Cc2cccc(F)c2F)cc(C(=O)O)c1. The molecule has 0 aliphatic heterocycles. The molecule has 0 aliphatic rings. The molecule has 4 nitrogen and oxygen atoms in total. The minimum atomic E-state index is -1.19. The van der Waals surface area contributed by atoms with Crippen molar-refractivity contribution in [3.63, 3.8) is 0 Å². The molecular weight excluding hydrogens is 328 g/mol. The molecule has 1 N–H and O–H groups in total. The quantitative estimate of drug-likeness (QED) is 0.866. The summed E-state index contributed by atoms with van der Waals surface area (Å²) in [4.78, 5) is 25.3. The minimum Gasteiger partial charge on any atom is -0.478 e. The highest BCUT2D eigenvalue weighted by Gasteiger charge is 2.16. The molecule has 0 spiro atoms. The van der Waals surface area contributed by atoms with Crippen LogP contribution in [-0.4, -0.2) is 35.5 Å². The van der Waals surface area contributed by atoms with Crippen molar-refractivity contribution >= 4 is 11.9 Å². The third kappa shape index (κ3) is 4.41. The van der Waals surface area contributed by atoms with E-state index in [1.807, 2.05) is 6.92 Å². The number of carbonyl (C=O) groups excluding carboxylic acids is 1. The number of hydrogen-bond acceptors (Lipinski definition) is 2. The maximum Gasteiger partial charge on any atom is 0.335 e. The second-order valence-corrected chi connectivity index (χ2v) is 5.84. The van der Waals surface area contributed by atoms with Gasteiger partial charge in [0, 0.05) is 25.6 Å². The first-order valence-corrected chi connectivity index (χ1v) is 7.89. The van der Waals surface area contributed by atoms with Gasteiger partial charge in [-0.3, -0.25) is 4.79 Å². The number of carboxylic acid groups (broad SMARTS) is 1. The van der Waals surface area contributed by atoms with E-state index in [4.69, 9.17) is 0 Å². The summed E-state index contributed by atoms with van der Waals surface area (Å²) in [5.74, 6) is -3.44. The Labute approximate surface area is 144 Å². The summed E-state index contributed by atoms with van der Waals surface area (Å²) >= 11 is 0. The van der Waals surface area contributed by atoms with E-state index in [9.17, 15) is 23.5 Å². The number of aromatic carboxylic acids is 1. The van der Waals surface area contributed by atoms with Crippen LogP contribution < -0.4 is 0 Å². The number of benzene rings is 2. The molecule has 0 atom stereocenters. The zero-order valence-corrected chi connectivity index (χ0v) is 14.1. The van der Waals surface area contributed by atoms with Crippen LogP contribution in [0.2, 0.25) is 0 Å². The molecule has 0 aromatic heterocycles. The number of hydrogen-bond donors (Lipinski definition) is 1. The summed E-state index contributed by atoms with van der Waals surface area (Å²) in [5, 5.41) is 9.26. The van der Waals surface area contributed by atoms with Crippen molar-refractivity contribution in [2.24, 2.45) is 0 Å². The van der Waals surface area contributed by atoms with Crippen molar-refractivity contribution in [3.05, 3.63) is 70.3 Å². The summed E-state index contributed by atoms with van der Waals surface area (Å²) in [5.41, 5.74) is 0.672. The Morgan fingerprint density at radius 2 is 1.80 bits per heavy atom. The number of carbonyl (C=O) groups is 2. The highest BCUT2D eigenvalue weighted by molar-refractivity contribution is 5.97. The van der Waals surface area contributed by atoms with E-state index in [0.29, 0.717) is 12.1 Å². The predicted molar refractivity (Wildman–Crippen MR) is 89.8 cm³/mol. The maximum absolute atomic E-state index is 13.9. The predicted octanol–water partition coefficient (Wildman–Crippen LogP) is 3.74. The van der Waals surface area contributed by atoms with E-state index in [2.05, 4.69) is 0 Å². The molecule has 0 unspecified atom stereocenters. The lowest BCUT2D eigenvalue weighted by atomic mass is 9.98. The van der Waals surface area contributed by atoms with Gasteiger partial charge in [0.05, 0.1) is 5.56 Å². The molecule has 2 rings (SSSR count). The second-order valence-electron chi connectivity index (χ2n) is 5.84. The lowest BCUT2D eigenvalue weighted by Crippen LogP contribution is -2.27. The number of amides is 1. The molecule has 2 aromatic carbocycles. The van der Waals surface area contributed by atoms with Crippen LogP contribution in [0.4, 0.5) is 8.78 Å². The molecule has 0 saturated heterocycles. The van der Waals surface area contributed by atoms with Crippen LogP contribution in [0, 0.1) is 11.6 Å². The Kier molecular flexibility index (Phi) is 5.85. The Bertz CT molecular complexity index is 805. The summed E-state index contributed by atoms with van der Waals surface area (Å²) in [6.07, 6.45) is 0.755. The van der Waals surface area contributed by atoms with Crippen LogP contribution in [0.3, 0.4) is 0 Å². The summed E-state index contributed by atoms with van der Waals surface area (Å²) in [7, 11) is 1.63. The van der Waals surface area contributed by atoms with Gasteiger partial charge in [-0.05, 0) is 41.8 Å². The first-order valence-electron chi connectivity index (χ1n) is 7.89. The summed E-state index contributed by atoms with van der Waals surface area (Å²) in [6, 6.07) is 8.00. The van der Waals surface area contributed by atoms with Crippen molar-refractivity contribution in [1.82, 2.24) is 4.90 Å². The number of halogens is 2. The normalized spacial score (nSPS) is 10.6. The van der Waals surface area contributed by atoms with Gasteiger partial charge in [0.1, 0.15) is 0 Å². The molecular formula is C19H19F2NO3. The molecule has 2 aromatic rings. The average Bonchev–Trinajstić information content (AvgIpc) is 2.58. The Hall–Kier alpha value is -2.76. The fourth-order valence-corrected chi connectivity index (χ4v) is 2.60. The van der Waals surface area contributed by atoms with Crippen molar-refractivity contribution in [1.29, 1.82) is 0 Å². The van der Waals surface area contributed by atoms with Gasteiger partial charge in [-0.2, -0.15) is 0 Å². The third-order valence-electron chi connectivity index (χ3n) is 3.82. The van der Waals surface area contributed by atoms with E-state index in [1.165, 1.54) is 35.2 Å². The number of nitrogens with zero attached hydrogens (tertiary/aromatic N) is 1. The van der Waals surface area contributed by atoms with Crippen molar-refractivity contribution in [2.45, 2.75) is 19.8 Å². The zero-order chi connectivity index (χ0) is 18.6. The van der Waals surface area contributed by atoms with Gasteiger partial charge in [-0.25, -0.2) is 13.6 Å². The molecule has 0 bridgehead atoms. The number of rotatable bonds is 6. The molecule has 0 fully saturated rings. The van der Waals surface area contributed by atoms with Crippen molar-refractivity contribution < 1.29 is 23.5 Å². The lowest BCUT2D eigenvalue weighted by molar-refractivity contribution is 0.0696. The van der Waals surface area contributed by atoms with E-state index in [1.54, 1.807) is 7.05 Å². The summed E-state index contributed by atoms with van der Waals surface area (Å²) in [6.45, 7) is 2.46. The lowest BCUT2D eigenvalue weighted by Gasteiger charge is -2.17. The molecule has 0 aliphatic carbocycles. The van der Waals surface area contributed by atoms with Crippen molar-refractivity contribution in [2.75, 3.05) is 13.6 Å². The standard InChI is InChI=1S/C19H19F2NO3/c1-3-7-22(2)18(23)14-9-12(10-15(11-14)19(24)25)8-13-5-4-6-16(20)17(13)21/h4-6,9-11H,3,7-8H2,1-2H3,(H,24,25). The monoisotopic (exact) mass is 347 g/mol. The van der Waals surface area contributed by atoms with E-state index >= 15 is 0 Å². The van der Waals surface area contributed by atoms with Gasteiger partial charge in [-0.15, -0.1) is 0 Å². The van der Waals surface area contributed by atoms with Gasteiger partial charge in [-0.1, -0.05) is 19.1 Å². The molecule has 132 valence electrons. The van der Waals surface area contributed by atoms with Crippen LogP contribution in [0.5, 0.6) is 0 Å². The smallest absolute Gasteiger partial charge is 0.335 e. The van der Waals surface area contributed by atoms with Crippen LogP contribution in [0.15, 0.2) is 36.4 Å². The van der Waals surface area contributed by atoms with E-state index in [-0.39, 0.29) is 29.0 Å². The van der Waals surface area contributed by atoms with Gasteiger partial charge in [0.15, 0.2) is 11.6 Å². The highest BCUT2D eigenvalue weighted by atomic mass is 19.2. The molecule has 25 heavy (non-hydrogen) atoms. The maximum atomic E-state index is 13.9. The molecule has 6 heteroatoms. The first-order chi connectivity index (χ1) is 11.8. The highest BCUT2D eigenvalue weighted by Crippen LogP contribution is 2.19. The van der Waals surface area contributed by atoms with Crippen LogP contribution in [0.25, 0.3) is 0 Å². The van der Waals surface area contributed by atoms with Gasteiger partial charge >= 0.3 is 5.97 Å². The second kappa shape index (κ2) is 7.88. The van der Waals surface area contributed by atoms with Gasteiger partial charge in [0.2, 0.25) is 0 Å². The van der Waals surface area contributed by atoms with Crippen LogP contribution in [-0.2, 0) is 6.42 Å². The van der Waals surface area contributed by atoms with E-state index in [0.717, 1.165) is 12.5 Å². The van der Waals surface area contributed by atoms with E-state index < -0.39 is 17.6 Å². The Morgan fingerprint density at radius 1 is 1.12 bits per heavy atom. The Morgan fingerprint density at radius 3 is 2.44 bits per heavy atom. The Balaban J connectivity index is 2.42. The topological polar surface area (TPSA) is 57.6 Å². The summed E-state index contributed by atoms with van der Waals surface area (Å²) < 4.78 is 27.2. The van der Waals surface area contributed by atoms with Gasteiger partial charge < -0.3 is 10.0 Å². The average molecular weight is 347 g/mol.